The van der Waals surface area contributed by atoms with Crippen LogP contribution in [0.15, 0.2) is 22.7 Å². The summed E-state index contributed by atoms with van der Waals surface area (Å²) in [4.78, 5) is 0. The second-order valence-corrected chi connectivity index (χ2v) is 6.95. The van der Waals surface area contributed by atoms with Crippen molar-refractivity contribution in [3.8, 4) is 5.75 Å². The van der Waals surface area contributed by atoms with Crippen molar-refractivity contribution >= 4 is 15.9 Å². The van der Waals surface area contributed by atoms with Gasteiger partial charge in [0.2, 0.25) is 0 Å². The van der Waals surface area contributed by atoms with Gasteiger partial charge in [0.1, 0.15) is 5.75 Å². The molecule has 0 aliphatic heterocycles. The van der Waals surface area contributed by atoms with Gasteiger partial charge in [0, 0.05) is 22.6 Å². The summed E-state index contributed by atoms with van der Waals surface area (Å²) in [6, 6.07) is 6.05. The first kappa shape index (κ1) is 12.9. The Labute approximate surface area is 112 Å². The highest BCUT2D eigenvalue weighted by Crippen LogP contribution is 2.62. The Morgan fingerprint density at radius 1 is 1.24 bits per heavy atom. The molecule has 0 bridgehead atoms. The fourth-order valence-electron chi connectivity index (χ4n) is 2.61. The lowest BCUT2D eigenvalue weighted by Gasteiger charge is -2.08. The van der Waals surface area contributed by atoms with Crippen LogP contribution in [0, 0.1) is 10.8 Å². The number of phenolic OH excluding ortho intramolecular Hbond substituents is 1. The van der Waals surface area contributed by atoms with Crippen LogP contribution in [0.1, 0.15) is 33.3 Å². The summed E-state index contributed by atoms with van der Waals surface area (Å²) in [6.07, 6.45) is 0. The third kappa shape index (κ3) is 2.11. The zero-order chi connectivity index (χ0) is 12.8. The van der Waals surface area contributed by atoms with E-state index in [-0.39, 0.29) is 0 Å². The molecule has 1 saturated carbocycles. The van der Waals surface area contributed by atoms with E-state index in [1.54, 1.807) is 6.07 Å². The standard InChI is InChI=1S/C14H20BrNO/c1-13(2)12(14(13,3)4)16-8-9-7-10(15)5-6-11(9)17/h5-7,12,16-17H,8H2,1-4H3. The molecular weight excluding hydrogens is 278 g/mol. The quantitative estimate of drug-likeness (QED) is 0.892. The Hall–Kier alpha value is -0.540. The molecule has 3 heteroatoms. The molecule has 0 atom stereocenters. The summed E-state index contributed by atoms with van der Waals surface area (Å²) in [5, 5.41) is 13.3. The molecule has 2 rings (SSSR count). The Balaban J connectivity index is 2.03. The number of rotatable bonds is 3. The number of nitrogens with one attached hydrogen (secondary N) is 1. The van der Waals surface area contributed by atoms with Crippen molar-refractivity contribution in [2.24, 2.45) is 10.8 Å². The lowest BCUT2D eigenvalue weighted by molar-refractivity contribution is 0.457. The molecule has 2 nitrogen and oxygen atoms in total. The monoisotopic (exact) mass is 297 g/mol. The van der Waals surface area contributed by atoms with E-state index >= 15 is 0 Å². The van der Waals surface area contributed by atoms with Crippen molar-refractivity contribution in [3.63, 3.8) is 0 Å². The van der Waals surface area contributed by atoms with Gasteiger partial charge in [-0.25, -0.2) is 0 Å². The zero-order valence-electron chi connectivity index (χ0n) is 10.8. The average molecular weight is 298 g/mol. The predicted molar refractivity (Wildman–Crippen MR) is 74.0 cm³/mol. The Bertz CT molecular complexity index is 426. The molecule has 1 aromatic carbocycles. The van der Waals surface area contributed by atoms with Gasteiger partial charge in [0.15, 0.2) is 0 Å². The molecule has 94 valence electrons. The number of aromatic hydroxyl groups is 1. The van der Waals surface area contributed by atoms with Crippen LogP contribution in [-0.4, -0.2) is 11.1 Å². The second kappa shape index (κ2) is 3.99. The molecule has 1 aromatic rings. The summed E-state index contributed by atoms with van der Waals surface area (Å²) in [7, 11) is 0. The van der Waals surface area contributed by atoms with E-state index in [0.29, 0.717) is 29.2 Å². The SMILES string of the molecule is CC1(C)C(NCc2cc(Br)ccc2O)C1(C)C. The van der Waals surface area contributed by atoms with E-state index < -0.39 is 0 Å². The third-order valence-corrected chi connectivity index (χ3v) is 5.05. The minimum Gasteiger partial charge on any atom is -0.508 e. The van der Waals surface area contributed by atoms with E-state index in [0.717, 1.165) is 10.0 Å². The Kier molecular flexibility index (Phi) is 3.03. The van der Waals surface area contributed by atoms with Gasteiger partial charge in [-0.2, -0.15) is 0 Å². The van der Waals surface area contributed by atoms with E-state index in [4.69, 9.17) is 0 Å². The highest BCUT2D eigenvalue weighted by Gasteiger charge is 2.64. The summed E-state index contributed by atoms with van der Waals surface area (Å²) >= 11 is 3.42. The van der Waals surface area contributed by atoms with Crippen LogP contribution >= 0.6 is 15.9 Å². The maximum Gasteiger partial charge on any atom is 0.120 e. The molecule has 1 aliphatic rings. The van der Waals surface area contributed by atoms with Crippen molar-refractivity contribution in [2.45, 2.75) is 40.3 Å². The van der Waals surface area contributed by atoms with Crippen LogP contribution < -0.4 is 5.32 Å². The Morgan fingerprint density at radius 3 is 2.35 bits per heavy atom. The van der Waals surface area contributed by atoms with Gasteiger partial charge >= 0.3 is 0 Å². The molecule has 0 amide bonds. The number of hydrogen-bond acceptors (Lipinski definition) is 2. The molecule has 0 radical (unpaired) electrons. The highest BCUT2D eigenvalue weighted by atomic mass is 79.9. The summed E-state index contributed by atoms with van der Waals surface area (Å²) in [5.74, 6) is 0.358. The maximum atomic E-state index is 9.77. The molecule has 17 heavy (non-hydrogen) atoms. The molecule has 0 unspecified atom stereocenters. The van der Waals surface area contributed by atoms with Gasteiger partial charge in [-0.05, 0) is 29.0 Å². The van der Waals surface area contributed by atoms with Crippen LogP contribution in [0.4, 0.5) is 0 Å². The van der Waals surface area contributed by atoms with Crippen LogP contribution in [-0.2, 0) is 6.54 Å². The number of phenols is 1. The molecule has 0 saturated heterocycles. The van der Waals surface area contributed by atoms with Gasteiger partial charge in [-0.15, -0.1) is 0 Å². The fourth-order valence-corrected chi connectivity index (χ4v) is 3.02. The zero-order valence-corrected chi connectivity index (χ0v) is 12.4. The molecule has 1 fully saturated rings. The van der Waals surface area contributed by atoms with Crippen molar-refractivity contribution in [1.29, 1.82) is 0 Å². The average Bonchev–Trinajstić information content (AvgIpc) is 2.60. The molecule has 2 N–H and O–H groups in total. The number of benzene rings is 1. The first-order chi connectivity index (χ1) is 7.76. The van der Waals surface area contributed by atoms with Gasteiger partial charge in [0.25, 0.3) is 0 Å². The van der Waals surface area contributed by atoms with Crippen molar-refractivity contribution in [3.05, 3.63) is 28.2 Å². The van der Waals surface area contributed by atoms with Crippen molar-refractivity contribution < 1.29 is 5.11 Å². The largest absolute Gasteiger partial charge is 0.508 e. The van der Waals surface area contributed by atoms with Crippen molar-refractivity contribution in [2.75, 3.05) is 0 Å². The van der Waals surface area contributed by atoms with E-state index in [1.807, 2.05) is 12.1 Å². The summed E-state index contributed by atoms with van der Waals surface area (Å²) in [6.45, 7) is 9.84. The number of halogens is 1. The third-order valence-electron chi connectivity index (χ3n) is 4.56. The molecule has 0 spiro atoms. The molecule has 1 aliphatic carbocycles. The highest BCUT2D eigenvalue weighted by molar-refractivity contribution is 9.10. The summed E-state index contributed by atoms with van der Waals surface area (Å²) < 4.78 is 1.00. The fraction of sp³-hybridized carbons (Fsp3) is 0.571. The van der Waals surface area contributed by atoms with Crippen molar-refractivity contribution in [1.82, 2.24) is 5.32 Å². The van der Waals surface area contributed by atoms with E-state index in [1.165, 1.54) is 0 Å². The predicted octanol–water partition coefficient (Wildman–Crippen LogP) is 3.68. The summed E-state index contributed by atoms with van der Waals surface area (Å²) in [5.41, 5.74) is 1.60. The van der Waals surface area contributed by atoms with E-state index in [9.17, 15) is 5.11 Å². The maximum absolute atomic E-state index is 9.77. The topological polar surface area (TPSA) is 32.3 Å². The second-order valence-electron chi connectivity index (χ2n) is 6.03. The first-order valence-corrected chi connectivity index (χ1v) is 6.77. The molecular formula is C14H20BrNO. The van der Waals surface area contributed by atoms with Crippen LogP contribution in [0.5, 0.6) is 5.75 Å². The molecule has 0 aromatic heterocycles. The normalized spacial score (nSPS) is 21.5. The van der Waals surface area contributed by atoms with Crippen LogP contribution in [0.2, 0.25) is 0 Å². The van der Waals surface area contributed by atoms with Gasteiger partial charge < -0.3 is 10.4 Å². The molecule has 0 heterocycles. The van der Waals surface area contributed by atoms with Gasteiger partial charge in [-0.3, -0.25) is 0 Å². The minimum atomic E-state index is 0.328. The van der Waals surface area contributed by atoms with Gasteiger partial charge in [-0.1, -0.05) is 43.6 Å². The minimum absolute atomic E-state index is 0.328. The smallest absolute Gasteiger partial charge is 0.120 e. The van der Waals surface area contributed by atoms with Crippen LogP contribution in [0.3, 0.4) is 0 Å². The lowest BCUT2D eigenvalue weighted by atomic mass is 10.0. The number of hydrogen-bond donors (Lipinski definition) is 2. The van der Waals surface area contributed by atoms with Gasteiger partial charge in [0.05, 0.1) is 0 Å². The lowest BCUT2D eigenvalue weighted by Crippen LogP contribution is -2.21. The van der Waals surface area contributed by atoms with Crippen LogP contribution in [0.25, 0.3) is 0 Å². The Morgan fingerprint density at radius 2 is 1.82 bits per heavy atom. The first-order valence-electron chi connectivity index (χ1n) is 5.97. The van der Waals surface area contributed by atoms with E-state index in [2.05, 4.69) is 48.9 Å².